The molecule has 0 radical (unpaired) electrons. The second kappa shape index (κ2) is 5.11. The molecule has 94 valence electrons. The smallest absolute Gasteiger partial charge is 0.125 e. The van der Waals surface area contributed by atoms with Crippen LogP contribution in [-0.4, -0.2) is 12.0 Å². The first-order valence-electron chi connectivity index (χ1n) is 6.18. The number of hydrogen-bond acceptors (Lipinski definition) is 3. The Labute approximate surface area is 120 Å². The third-order valence-corrected chi connectivity index (χ3v) is 4.93. The Morgan fingerprint density at radius 2 is 2.17 bits per heavy atom. The van der Waals surface area contributed by atoms with Crippen molar-refractivity contribution >= 4 is 27.3 Å². The molecule has 4 heteroatoms. The first kappa shape index (κ1) is 12.3. The maximum absolute atomic E-state index is 4.87. The zero-order valence-electron chi connectivity index (χ0n) is 10.2. The van der Waals surface area contributed by atoms with Gasteiger partial charge in [-0.15, -0.1) is 11.3 Å². The molecule has 0 bridgehead atoms. The van der Waals surface area contributed by atoms with Crippen LogP contribution in [0.5, 0.6) is 0 Å². The van der Waals surface area contributed by atoms with Gasteiger partial charge >= 0.3 is 0 Å². The quantitative estimate of drug-likeness (QED) is 0.913. The Kier molecular flexibility index (Phi) is 3.50. The van der Waals surface area contributed by atoms with Gasteiger partial charge in [0.1, 0.15) is 5.01 Å². The summed E-state index contributed by atoms with van der Waals surface area (Å²) in [4.78, 5) is 6.26. The van der Waals surface area contributed by atoms with E-state index in [1.54, 1.807) is 0 Å². The van der Waals surface area contributed by atoms with Crippen LogP contribution in [0.15, 0.2) is 28.7 Å². The number of nitrogens with zero attached hydrogens (tertiary/aromatic N) is 1. The van der Waals surface area contributed by atoms with Crippen molar-refractivity contribution in [1.82, 2.24) is 10.3 Å². The number of benzene rings is 1. The lowest BCUT2D eigenvalue weighted by atomic mass is 10.2. The second-order valence-corrected chi connectivity index (χ2v) is 6.55. The fraction of sp³-hybridized carbons (Fsp3) is 0.357. The van der Waals surface area contributed by atoms with Gasteiger partial charge in [-0.2, -0.15) is 0 Å². The Morgan fingerprint density at radius 3 is 2.83 bits per heavy atom. The molecule has 3 rings (SSSR count). The van der Waals surface area contributed by atoms with Crippen LogP contribution in [0.3, 0.4) is 0 Å². The average Bonchev–Trinajstić information content (AvgIpc) is 3.13. The van der Waals surface area contributed by atoms with Crippen LogP contribution in [0.4, 0.5) is 0 Å². The lowest BCUT2D eigenvalue weighted by Gasteiger charge is -1.98. The summed E-state index contributed by atoms with van der Waals surface area (Å²) in [6, 6.07) is 8.31. The van der Waals surface area contributed by atoms with Crippen LogP contribution in [0, 0.1) is 0 Å². The summed E-state index contributed by atoms with van der Waals surface area (Å²) in [5.41, 5.74) is 2.52. The summed E-state index contributed by atoms with van der Waals surface area (Å²) in [5, 5.41) is 4.38. The van der Waals surface area contributed by atoms with Crippen molar-refractivity contribution in [3.8, 4) is 10.6 Å². The second-order valence-electron chi connectivity index (χ2n) is 4.61. The molecule has 18 heavy (non-hydrogen) atoms. The van der Waals surface area contributed by atoms with Crippen LogP contribution >= 0.6 is 27.3 Å². The van der Waals surface area contributed by atoms with E-state index in [4.69, 9.17) is 4.98 Å². The van der Waals surface area contributed by atoms with Gasteiger partial charge in [-0.1, -0.05) is 34.1 Å². The number of nitrogens with one attached hydrogen (secondary N) is 1. The molecule has 1 heterocycles. The summed E-state index contributed by atoms with van der Waals surface area (Å²) in [6.45, 7) is 0.925. The van der Waals surface area contributed by atoms with E-state index < -0.39 is 0 Å². The van der Waals surface area contributed by atoms with E-state index in [1.807, 2.05) is 24.5 Å². The number of aromatic nitrogens is 1. The van der Waals surface area contributed by atoms with Crippen LogP contribution in [-0.2, 0) is 6.54 Å². The molecule has 1 fully saturated rings. The van der Waals surface area contributed by atoms with Crippen molar-refractivity contribution in [2.45, 2.75) is 25.3 Å². The lowest BCUT2D eigenvalue weighted by Crippen LogP contribution is -2.05. The lowest BCUT2D eigenvalue weighted by molar-refractivity contribution is 0.813. The van der Waals surface area contributed by atoms with Crippen LogP contribution in [0.2, 0.25) is 0 Å². The monoisotopic (exact) mass is 322 g/mol. The Bertz CT molecular complexity index is 561. The Hall–Kier alpha value is -0.710. The molecular weight excluding hydrogens is 308 g/mol. The predicted molar refractivity (Wildman–Crippen MR) is 80.0 cm³/mol. The fourth-order valence-corrected chi connectivity index (χ4v) is 3.88. The van der Waals surface area contributed by atoms with E-state index in [9.17, 15) is 0 Å². The standard InChI is InChI=1S/C14H15BrN2S/c1-16-8-12-13(9-6-7-9)17-14(18-12)10-4-2-3-5-11(10)15/h2-5,9,16H,6-8H2,1H3. The molecule has 0 aliphatic heterocycles. The van der Waals surface area contributed by atoms with Gasteiger partial charge in [0.05, 0.1) is 5.69 Å². The third-order valence-electron chi connectivity index (χ3n) is 3.13. The Balaban J connectivity index is 2.02. The average molecular weight is 323 g/mol. The van der Waals surface area contributed by atoms with Gasteiger partial charge in [-0.3, -0.25) is 0 Å². The number of thiazole rings is 1. The van der Waals surface area contributed by atoms with Crippen molar-refractivity contribution < 1.29 is 0 Å². The maximum atomic E-state index is 4.87. The molecule has 0 saturated heterocycles. The molecule has 2 aromatic rings. The van der Waals surface area contributed by atoms with E-state index in [2.05, 4.69) is 39.4 Å². The Morgan fingerprint density at radius 1 is 1.39 bits per heavy atom. The number of halogens is 1. The molecule has 0 spiro atoms. The highest BCUT2D eigenvalue weighted by atomic mass is 79.9. The van der Waals surface area contributed by atoms with Gasteiger partial charge in [-0.25, -0.2) is 4.98 Å². The molecule has 1 N–H and O–H groups in total. The maximum Gasteiger partial charge on any atom is 0.125 e. The topological polar surface area (TPSA) is 24.9 Å². The molecule has 0 unspecified atom stereocenters. The van der Waals surface area contributed by atoms with Gasteiger partial charge in [-0.05, 0) is 26.0 Å². The van der Waals surface area contributed by atoms with Crippen molar-refractivity contribution in [2.24, 2.45) is 0 Å². The zero-order valence-corrected chi connectivity index (χ0v) is 12.6. The third kappa shape index (κ3) is 2.37. The van der Waals surface area contributed by atoms with Crippen molar-refractivity contribution in [3.05, 3.63) is 39.3 Å². The largest absolute Gasteiger partial charge is 0.315 e. The van der Waals surface area contributed by atoms with Gasteiger partial charge in [0, 0.05) is 27.4 Å². The van der Waals surface area contributed by atoms with Gasteiger partial charge in [0.2, 0.25) is 0 Å². The van der Waals surface area contributed by atoms with Gasteiger partial charge in [0.15, 0.2) is 0 Å². The van der Waals surface area contributed by atoms with Crippen LogP contribution < -0.4 is 5.32 Å². The first-order valence-corrected chi connectivity index (χ1v) is 7.79. The van der Waals surface area contributed by atoms with Gasteiger partial charge < -0.3 is 5.32 Å². The SMILES string of the molecule is CNCc1sc(-c2ccccc2Br)nc1C1CC1. The predicted octanol–water partition coefficient (Wildman–Crippen LogP) is 4.17. The number of rotatable bonds is 4. The summed E-state index contributed by atoms with van der Waals surface area (Å²) in [7, 11) is 1.99. The summed E-state index contributed by atoms with van der Waals surface area (Å²) in [6.07, 6.45) is 2.60. The van der Waals surface area contributed by atoms with Gasteiger partial charge in [0.25, 0.3) is 0 Å². The van der Waals surface area contributed by atoms with Crippen molar-refractivity contribution in [2.75, 3.05) is 7.05 Å². The molecule has 1 aromatic carbocycles. The van der Waals surface area contributed by atoms with Crippen molar-refractivity contribution in [1.29, 1.82) is 0 Å². The highest BCUT2D eigenvalue weighted by Crippen LogP contribution is 2.44. The molecule has 0 amide bonds. The molecule has 1 aliphatic carbocycles. The first-order chi connectivity index (χ1) is 8.79. The zero-order chi connectivity index (χ0) is 12.5. The summed E-state index contributed by atoms with van der Waals surface area (Å²) >= 11 is 5.43. The highest BCUT2D eigenvalue weighted by Gasteiger charge is 2.29. The van der Waals surface area contributed by atoms with Crippen LogP contribution in [0.25, 0.3) is 10.6 Å². The highest BCUT2D eigenvalue weighted by molar-refractivity contribution is 9.10. The normalized spacial score (nSPS) is 15.0. The molecule has 1 saturated carbocycles. The van der Waals surface area contributed by atoms with E-state index >= 15 is 0 Å². The van der Waals surface area contributed by atoms with E-state index in [1.165, 1.54) is 29.0 Å². The van der Waals surface area contributed by atoms with E-state index in [0.717, 1.165) is 16.0 Å². The number of hydrogen-bond donors (Lipinski definition) is 1. The minimum atomic E-state index is 0.709. The fourth-order valence-electron chi connectivity index (χ4n) is 2.08. The molecule has 0 atom stereocenters. The molecule has 1 aromatic heterocycles. The molecule has 2 nitrogen and oxygen atoms in total. The van der Waals surface area contributed by atoms with Crippen LogP contribution in [0.1, 0.15) is 29.3 Å². The minimum Gasteiger partial charge on any atom is -0.315 e. The molecular formula is C14H15BrN2S. The molecule has 1 aliphatic rings. The summed E-state index contributed by atoms with van der Waals surface area (Å²) in [5.74, 6) is 0.709. The minimum absolute atomic E-state index is 0.709. The summed E-state index contributed by atoms with van der Waals surface area (Å²) < 4.78 is 1.12. The van der Waals surface area contributed by atoms with Crippen molar-refractivity contribution in [3.63, 3.8) is 0 Å². The van der Waals surface area contributed by atoms with E-state index in [-0.39, 0.29) is 0 Å². The van der Waals surface area contributed by atoms with E-state index in [0.29, 0.717) is 5.92 Å².